The fourth-order valence-corrected chi connectivity index (χ4v) is 1.41. The van der Waals surface area contributed by atoms with Crippen LogP contribution in [0.25, 0.3) is 11.5 Å². The van der Waals surface area contributed by atoms with Crippen LogP contribution in [-0.4, -0.2) is 26.6 Å². The van der Waals surface area contributed by atoms with Gasteiger partial charge in [-0.05, 0) is 13.8 Å². The SMILES string of the molecule is COc1nc2nc(C)nc-2c(C)n1C. The Bertz CT molecular complexity index is 449. The highest BCUT2D eigenvalue weighted by atomic mass is 16.5. The maximum absolute atomic E-state index is 5.13. The van der Waals surface area contributed by atoms with Gasteiger partial charge in [-0.3, -0.25) is 0 Å². The van der Waals surface area contributed by atoms with Gasteiger partial charge in [0, 0.05) is 12.7 Å². The van der Waals surface area contributed by atoms with Crippen LogP contribution in [0.5, 0.6) is 6.01 Å². The highest BCUT2D eigenvalue weighted by molar-refractivity contribution is 5.55. The van der Waals surface area contributed by atoms with E-state index in [1.165, 1.54) is 0 Å². The van der Waals surface area contributed by atoms with Crippen LogP contribution >= 0.6 is 0 Å². The van der Waals surface area contributed by atoms with Crippen LogP contribution in [-0.2, 0) is 7.05 Å². The van der Waals surface area contributed by atoms with Gasteiger partial charge >= 0.3 is 0 Å². The lowest BCUT2D eigenvalue weighted by Crippen LogP contribution is -2.07. The van der Waals surface area contributed by atoms with Gasteiger partial charge in [0.15, 0.2) is 5.82 Å². The van der Waals surface area contributed by atoms with Gasteiger partial charge in [0.1, 0.15) is 11.5 Å². The lowest BCUT2D eigenvalue weighted by Gasteiger charge is -2.11. The first-order valence-electron chi connectivity index (χ1n) is 4.35. The molecular formula is C9H12N4O. The number of aryl methyl sites for hydroxylation is 1. The fraction of sp³-hybridized carbons (Fsp3) is 0.444. The van der Waals surface area contributed by atoms with E-state index in [9.17, 15) is 0 Å². The zero-order chi connectivity index (χ0) is 10.3. The number of methoxy groups -OCH3 is 1. The number of fused-ring (bicyclic) bond motifs is 1. The maximum atomic E-state index is 5.13. The van der Waals surface area contributed by atoms with E-state index >= 15 is 0 Å². The molecule has 2 aliphatic heterocycles. The molecule has 0 aromatic carbocycles. The molecule has 0 aromatic heterocycles. The minimum Gasteiger partial charge on any atom is -0.468 e. The largest absolute Gasteiger partial charge is 0.468 e. The summed E-state index contributed by atoms with van der Waals surface area (Å²) in [5, 5.41) is 0. The summed E-state index contributed by atoms with van der Waals surface area (Å²) in [6.07, 6.45) is 0. The van der Waals surface area contributed by atoms with Gasteiger partial charge in [-0.2, -0.15) is 4.98 Å². The van der Waals surface area contributed by atoms with Crippen molar-refractivity contribution < 1.29 is 4.74 Å². The molecular weight excluding hydrogens is 180 g/mol. The molecule has 0 bridgehead atoms. The number of imidazole rings is 1. The van der Waals surface area contributed by atoms with Gasteiger partial charge in [-0.25, -0.2) is 9.97 Å². The smallest absolute Gasteiger partial charge is 0.298 e. The van der Waals surface area contributed by atoms with Crippen LogP contribution in [0.2, 0.25) is 0 Å². The first-order chi connectivity index (χ1) is 6.63. The summed E-state index contributed by atoms with van der Waals surface area (Å²) in [7, 11) is 3.49. The topological polar surface area (TPSA) is 52.8 Å². The third-order valence-corrected chi connectivity index (χ3v) is 2.27. The summed E-state index contributed by atoms with van der Waals surface area (Å²) >= 11 is 0. The van der Waals surface area contributed by atoms with Crippen LogP contribution < -0.4 is 4.74 Å². The van der Waals surface area contributed by atoms with Crippen molar-refractivity contribution in [2.75, 3.05) is 7.11 Å². The Labute approximate surface area is 82.1 Å². The standard InChI is InChI=1S/C9H12N4O/c1-5-7-8(11-6(2)10-7)12-9(14-4)13(5)3/h1-4H3. The fourth-order valence-electron chi connectivity index (χ4n) is 1.41. The van der Waals surface area contributed by atoms with E-state index in [2.05, 4.69) is 15.0 Å². The van der Waals surface area contributed by atoms with Gasteiger partial charge in [0.25, 0.3) is 6.01 Å². The molecule has 0 saturated carbocycles. The second kappa shape index (κ2) is 2.94. The molecule has 0 amide bonds. The number of aromatic nitrogens is 4. The van der Waals surface area contributed by atoms with E-state index in [4.69, 9.17) is 4.74 Å². The first kappa shape index (κ1) is 8.93. The average Bonchev–Trinajstić information content (AvgIpc) is 2.52. The molecule has 14 heavy (non-hydrogen) atoms. The first-order valence-corrected chi connectivity index (χ1v) is 4.35. The molecule has 74 valence electrons. The minimum atomic E-state index is 0.551. The number of ether oxygens (including phenoxy) is 1. The molecule has 0 aliphatic carbocycles. The molecule has 0 spiro atoms. The van der Waals surface area contributed by atoms with Gasteiger partial charge in [0.05, 0.1) is 7.11 Å². The molecule has 2 aliphatic rings. The summed E-state index contributed by atoms with van der Waals surface area (Å²) in [6, 6.07) is 0.551. The summed E-state index contributed by atoms with van der Waals surface area (Å²) in [5.41, 5.74) is 1.85. The maximum Gasteiger partial charge on any atom is 0.298 e. The van der Waals surface area contributed by atoms with Crippen molar-refractivity contribution in [3.8, 4) is 17.5 Å². The van der Waals surface area contributed by atoms with Crippen molar-refractivity contribution in [1.29, 1.82) is 0 Å². The van der Waals surface area contributed by atoms with E-state index in [1.807, 2.05) is 25.5 Å². The lowest BCUT2D eigenvalue weighted by molar-refractivity contribution is 0.357. The van der Waals surface area contributed by atoms with Crippen molar-refractivity contribution in [2.24, 2.45) is 7.05 Å². The molecule has 0 aromatic rings. The van der Waals surface area contributed by atoms with Crippen molar-refractivity contribution in [1.82, 2.24) is 19.5 Å². The molecule has 0 N–H and O–H groups in total. The second-order valence-electron chi connectivity index (χ2n) is 3.19. The lowest BCUT2D eigenvalue weighted by atomic mass is 10.3. The van der Waals surface area contributed by atoms with Gasteiger partial charge in [-0.1, -0.05) is 0 Å². The van der Waals surface area contributed by atoms with Crippen LogP contribution in [0.4, 0.5) is 0 Å². The number of hydrogen-bond acceptors (Lipinski definition) is 4. The molecule has 0 unspecified atom stereocenters. The minimum absolute atomic E-state index is 0.551. The van der Waals surface area contributed by atoms with Crippen LogP contribution in [0.15, 0.2) is 0 Å². The van der Waals surface area contributed by atoms with E-state index in [0.717, 1.165) is 17.2 Å². The second-order valence-corrected chi connectivity index (χ2v) is 3.19. The van der Waals surface area contributed by atoms with Gasteiger partial charge in [-0.15, -0.1) is 0 Å². The number of rotatable bonds is 1. The molecule has 2 rings (SSSR count). The van der Waals surface area contributed by atoms with Crippen molar-refractivity contribution in [3.63, 3.8) is 0 Å². The Morgan fingerprint density at radius 1 is 1.14 bits per heavy atom. The third kappa shape index (κ3) is 1.13. The Morgan fingerprint density at radius 2 is 1.86 bits per heavy atom. The van der Waals surface area contributed by atoms with Gasteiger partial charge < -0.3 is 9.30 Å². The quantitative estimate of drug-likeness (QED) is 0.674. The number of hydrogen-bond donors (Lipinski definition) is 0. The summed E-state index contributed by atoms with van der Waals surface area (Å²) in [6.45, 7) is 3.83. The molecule has 5 nitrogen and oxygen atoms in total. The highest BCUT2D eigenvalue weighted by Crippen LogP contribution is 2.23. The van der Waals surface area contributed by atoms with Crippen molar-refractivity contribution in [2.45, 2.75) is 13.8 Å². The van der Waals surface area contributed by atoms with E-state index in [-0.39, 0.29) is 0 Å². The zero-order valence-corrected chi connectivity index (χ0v) is 8.70. The molecule has 0 radical (unpaired) electrons. The molecule has 0 fully saturated rings. The molecule has 5 heteroatoms. The number of nitrogens with zero attached hydrogens (tertiary/aromatic N) is 4. The molecule has 0 atom stereocenters. The predicted molar refractivity (Wildman–Crippen MR) is 51.4 cm³/mol. The Morgan fingerprint density at radius 3 is 2.50 bits per heavy atom. The van der Waals surface area contributed by atoms with Crippen LogP contribution in [0.1, 0.15) is 11.5 Å². The van der Waals surface area contributed by atoms with Crippen molar-refractivity contribution >= 4 is 0 Å². The van der Waals surface area contributed by atoms with Crippen LogP contribution in [0.3, 0.4) is 0 Å². The summed E-state index contributed by atoms with van der Waals surface area (Å²) in [5.74, 6) is 1.39. The van der Waals surface area contributed by atoms with Gasteiger partial charge in [0.2, 0.25) is 0 Å². The van der Waals surface area contributed by atoms with Crippen molar-refractivity contribution in [3.05, 3.63) is 11.5 Å². The normalized spacial score (nSPS) is 10.9. The summed E-state index contributed by atoms with van der Waals surface area (Å²) < 4.78 is 6.98. The molecule has 2 heterocycles. The van der Waals surface area contributed by atoms with E-state index < -0.39 is 0 Å². The zero-order valence-electron chi connectivity index (χ0n) is 8.70. The third-order valence-electron chi connectivity index (χ3n) is 2.27. The Kier molecular flexibility index (Phi) is 1.87. The Balaban J connectivity index is 2.78. The highest BCUT2D eigenvalue weighted by Gasteiger charge is 2.17. The Hall–Kier alpha value is -1.65. The predicted octanol–water partition coefficient (Wildman–Crippen LogP) is 0.940. The van der Waals surface area contributed by atoms with E-state index in [0.29, 0.717) is 11.8 Å². The summed E-state index contributed by atoms with van der Waals surface area (Å²) in [4.78, 5) is 12.7. The monoisotopic (exact) mass is 192 g/mol. The average molecular weight is 192 g/mol. The van der Waals surface area contributed by atoms with E-state index in [1.54, 1.807) is 7.11 Å². The van der Waals surface area contributed by atoms with Crippen LogP contribution in [0, 0.1) is 13.8 Å². The molecule has 0 saturated heterocycles.